The van der Waals surface area contributed by atoms with E-state index >= 15 is 0 Å². The molecule has 0 saturated carbocycles. The second-order valence-corrected chi connectivity index (χ2v) is 9.25. The summed E-state index contributed by atoms with van der Waals surface area (Å²) in [5.41, 5.74) is 2.56. The Hall–Kier alpha value is -3.98. The standard InChI is InChI=1S/C29H35N5O4/c1-37-24-17-23(18-25(20-24)38-16-15-35)33-28(26(30)19-22-7-4-5-11-32-22)29(36)34-14-6-2-3-8-27(34)21-9-12-31-13-10-21/h4-5,7,9-13,17-18,20,27-28,30,33,35H,2-3,6,8,14-16,19H2,1H3. The SMILES string of the molecule is COc1cc(NC(C(=N)Cc2ccccn2)C(=O)N2CCCCCC2c2ccncc2)cc(OCCO)c1. The summed E-state index contributed by atoms with van der Waals surface area (Å²) >= 11 is 0. The minimum Gasteiger partial charge on any atom is -0.497 e. The van der Waals surface area contributed by atoms with Gasteiger partial charge in [0, 0.05) is 66.8 Å². The highest BCUT2D eigenvalue weighted by atomic mass is 16.5. The monoisotopic (exact) mass is 517 g/mol. The molecular weight excluding hydrogens is 482 g/mol. The third-order valence-electron chi connectivity index (χ3n) is 6.61. The van der Waals surface area contributed by atoms with Gasteiger partial charge in [0.15, 0.2) is 0 Å². The number of carbonyl (C=O) groups is 1. The zero-order chi connectivity index (χ0) is 26.7. The first-order chi connectivity index (χ1) is 18.6. The summed E-state index contributed by atoms with van der Waals surface area (Å²) in [5.74, 6) is 0.873. The Labute approximate surface area is 223 Å². The van der Waals surface area contributed by atoms with Crippen molar-refractivity contribution in [3.8, 4) is 11.5 Å². The number of nitrogens with zero attached hydrogens (tertiary/aromatic N) is 3. The molecule has 3 heterocycles. The highest BCUT2D eigenvalue weighted by Gasteiger charge is 2.34. The summed E-state index contributed by atoms with van der Waals surface area (Å²) in [6, 6.07) is 13.7. The first-order valence-corrected chi connectivity index (χ1v) is 13.0. The largest absolute Gasteiger partial charge is 0.497 e. The molecule has 9 heteroatoms. The molecule has 1 saturated heterocycles. The summed E-state index contributed by atoms with van der Waals surface area (Å²) in [6.45, 7) is 0.622. The van der Waals surface area contributed by atoms with Crippen molar-refractivity contribution < 1.29 is 19.4 Å². The minimum absolute atomic E-state index is 0.0892. The van der Waals surface area contributed by atoms with E-state index in [1.54, 1.807) is 43.9 Å². The molecule has 0 aliphatic carbocycles. The lowest BCUT2D eigenvalue weighted by atomic mass is 9.99. The van der Waals surface area contributed by atoms with Gasteiger partial charge >= 0.3 is 0 Å². The third kappa shape index (κ3) is 7.07. The number of likely N-dealkylation sites (tertiary alicyclic amines) is 1. The molecule has 9 nitrogen and oxygen atoms in total. The summed E-state index contributed by atoms with van der Waals surface area (Å²) in [4.78, 5) is 24.7. The number of hydrogen-bond donors (Lipinski definition) is 3. The molecule has 2 unspecified atom stereocenters. The van der Waals surface area contributed by atoms with Crippen LogP contribution in [0.3, 0.4) is 0 Å². The van der Waals surface area contributed by atoms with Crippen LogP contribution in [0.15, 0.2) is 67.1 Å². The van der Waals surface area contributed by atoms with Gasteiger partial charge in [0.05, 0.1) is 19.8 Å². The molecule has 4 rings (SSSR count). The quantitative estimate of drug-likeness (QED) is 0.328. The van der Waals surface area contributed by atoms with E-state index in [1.165, 1.54) is 0 Å². The number of aromatic nitrogens is 2. The summed E-state index contributed by atoms with van der Waals surface area (Å²) in [7, 11) is 1.55. The average Bonchev–Trinajstić information content (AvgIpc) is 3.21. The van der Waals surface area contributed by atoms with Crippen molar-refractivity contribution >= 4 is 17.3 Å². The van der Waals surface area contributed by atoms with Crippen LogP contribution in [0.2, 0.25) is 0 Å². The Bertz CT molecular complexity index is 1190. The number of anilines is 1. The van der Waals surface area contributed by atoms with Crippen molar-refractivity contribution in [1.29, 1.82) is 5.41 Å². The predicted octanol–water partition coefficient (Wildman–Crippen LogP) is 4.04. The fourth-order valence-corrected chi connectivity index (χ4v) is 4.75. The van der Waals surface area contributed by atoms with Crippen LogP contribution < -0.4 is 14.8 Å². The number of benzene rings is 1. The number of amides is 1. The average molecular weight is 518 g/mol. The molecule has 3 aromatic rings. The van der Waals surface area contributed by atoms with Gasteiger partial charge in [-0.1, -0.05) is 18.9 Å². The molecule has 0 bridgehead atoms. The van der Waals surface area contributed by atoms with Crippen molar-refractivity contribution in [1.82, 2.24) is 14.9 Å². The summed E-state index contributed by atoms with van der Waals surface area (Å²) in [5, 5.41) is 21.5. The second-order valence-electron chi connectivity index (χ2n) is 9.25. The van der Waals surface area contributed by atoms with E-state index in [-0.39, 0.29) is 37.3 Å². The van der Waals surface area contributed by atoms with Crippen LogP contribution in [-0.2, 0) is 11.2 Å². The Morgan fingerprint density at radius 1 is 1.13 bits per heavy atom. The molecule has 1 fully saturated rings. The normalized spacial score (nSPS) is 16.3. The van der Waals surface area contributed by atoms with Crippen LogP contribution >= 0.6 is 0 Å². The van der Waals surface area contributed by atoms with Gasteiger partial charge in [-0.25, -0.2) is 0 Å². The third-order valence-corrected chi connectivity index (χ3v) is 6.61. The molecule has 1 amide bonds. The number of hydrogen-bond acceptors (Lipinski definition) is 8. The van der Waals surface area contributed by atoms with Gasteiger partial charge in [-0.2, -0.15) is 0 Å². The van der Waals surface area contributed by atoms with Crippen LogP contribution in [0.25, 0.3) is 0 Å². The second kappa shape index (κ2) is 13.5. The van der Waals surface area contributed by atoms with Gasteiger partial charge in [0.1, 0.15) is 24.1 Å². The molecule has 38 heavy (non-hydrogen) atoms. The number of nitrogens with one attached hydrogen (secondary N) is 2. The van der Waals surface area contributed by atoms with Gasteiger partial charge in [0.2, 0.25) is 0 Å². The Morgan fingerprint density at radius 3 is 2.68 bits per heavy atom. The molecular formula is C29H35N5O4. The number of aliphatic hydroxyl groups is 1. The topological polar surface area (TPSA) is 121 Å². The van der Waals surface area contributed by atoms with E-state index < -0.39 is 6.04 Å². The Morgan fingerprint density at radius 2 is 1.95 bits per heavy atom. The van der Waals surface area contributed by atoms with Crippen molar-refractivity contribution in [2.45, 2.75) is 44.2 Å². The van der Waals surface area contributed by atoms with Gasteiger partial charge in [-0.15, -0.1) is 0 Å². The molecule has 0 radical (unpaired) electrons. The molecule has 0 spiro atoms. The molecule has 1 aliphatic rings. The molecule has 1 aromatic carbocycles. The maximum Gasteiger partial charge on any atom is 0.251 e. The lowest BCUT2D eigenvalue weighted by molar-refractivity contribution is -0.133. The number of pyridine rings is 2. The van der Waals surface area contributed by atoms with Crippen molar-refractivity contribution in [2.75, 3.05) is 32.2 Å². The van der Waals surface area contributed by atoms with Gasteiger partial charge in [-0.05, 0) is 42.7 Å². The van der Waals surface area contributed by atoms with Crippen molar-refractivity contribution in [3.63, 3.8) is 0 Å². The van der Waals surface area contributed by atoms with E-state index in [2.05, 4.69) is 15.3 Å². The van der Waals surface area contributed by atoms with Gasteiger partial charge in [-0.3, -0.25) is 14.8 Å². The zero-order valence-electron chi connectivity index (χ0n) is 21.7. The number of carbonyl (C=O) groups excluding carboxylic acids is 1. The highest BCUT2D eigenvalue weighted by molar-refractivity contribution is 6.09. The van der Waals surface area contributed by atoms with Crippen LogP contribution in [0.5, 0.6) is 11.5 Å². The summed E-state index contributed by atoms with van der Waals surface area (Å²) in [6.07, 6.45) is 9.28. The Balaban J connectivity index is 1.67. The molecule has 2 aromatic heterocycles. The van der Waals surface area contributed by atoms with E-state index in [0.29, 0.717) is 23.7 Å². The van der Waals surface area contributed by atoms with Crippen LogP contribution in [-0.4, -0.2) is 64.5 Å². The first kappa shape index (κ1) is 27.1. The summed E-state index contributed by atoms with van der Waals surface area (Å²) < 4.78 is 11.0. The number of ether oxygens (including phenoxy) is 2. The van der Waals surface area contributed by atoms with E-state index in [4.69, 9.17) is 14.9 Å². The lowest BCUT2D eigenvalue weighted by Gasteiger charge is -2.34. The van der Waals surface area contributed by atoms with E-state index in [0.717, 1.165) is 36.9 Å². The molecule has 2 atom stereocenters. The fraction of sp³-hybridized carbons (Fsp3) is 0.379. The van der Waals surface area contributed by atoms with E-state index in [1.807, 2.05) is 35.2 Å². The lowest BCUT2D eigenvalue weighted by Crippen LogP contribution is -2.49. The van der Waals surface area contributed by atoms with Crippen LogP contribution in [0, 0.1) is 5.41 Å². The predicted molar refractivity (Wildman–Crippen MR) is 146 cm³/mol. The highest BCUT2D eigenvalue weighted by Crippen LogP contribution is 2.32. The maximum absolute atomic E-state index is 14.3. The fourth-order valence-electron chi connectivity index (χ4n) is 4.75. The first-order valence-electron chi connectivity index (χ1n) is 13.0. The molecule has 1 aliphatic heterocycles. The zero-order valence-corrected chi connectivity index (χ0v) is 21.7. The number of aliphatic hydroxyl groups excluding tert-OH is 1. The number of methoxy groups -OCH3 is 1. The Kier molecular flexibility index (Phi) is 9.64. The minimum atomic E-state index is -0.919. The van der Waals surface area contributed by atoms with Gasteiger partial charge < -0.3 is 30.2 Å². The smallest absolute Gasteiger partial charge is 0.251 e. The van der Waals surface area contributed by atoms with Crippen LogP contribution in [0.1, 0.15) is 43.0 Å². The van der Waals surface area contributed by atoms with Crippen LogP contribution in [0.4, 0.5) is 5.69 Å². The maximum atomic E-state index is 14.3. The van der Waals surface area contributed by atoms with Crippen molar-refractivity contribution in [3.05, 3.63) is 78.4 Å². The van der Waals surface area contributed by atoms with E-state index in [9.17, 15) is 9.90 Å². The molecule has 200 valence electrons. The van der Waals surface area contributed by atoms with Crippen molar-refractivity contribution in [2.24, 2.45) is 0 Å². The molecule has 3 N–H and O–H groups in total. The van der Waals surface area contributed by atoms with Gasteiger partial charge in [0.25, 0.3) is 5.91 Å². The number of rotatable bonds is 11.